The quantitative estimate of drug-likeness (QED) is 0.211. The third-order valence-corrected chi connectivity index (χ3v) is 9.92. The third-order valence-electron chi connectivity index (χ3n) is 9.92. The second-order valence-electron chi connectivity index (χ2n) is 13.3. The van der Waals surface area contributed by atoms with Crippen LogP contribution < -0.4 is 0 Å². The Hall–Kier alpha value is -4.70. The molecular weight excluding hydrogens is 524 g/mol. The van der Waals surface area contributed by atoms with Crippen LogP contribution in [0.25, 0.3) is 33.9 Å². The molecule has 4 heteroatoms. The van der Waals surface area contributed by atoms with Gasteiger partial charge < -0.3 is 9.13 Å². The Labute approximate surface area is 254 Å². The molecule has 0 unspecified atom stereocenters. The van der Waals surface area contributed by atoms with Gasteiger partial charge in [0, 0.05) is 51.1 Å². The molecule has 0 atom stereocenters. The first-order valence-corrected chi connectivity index (χ1v) is 15.1. The highest BCUT2D eigenvalue weighted by Gasteiger charge is 2.46. The van der Waals surface area contributed by atoms with E-state index in [1.807, 2.05) is 0 Å². The monoisotopic (exact) mass is 562 g/mol. The van der Waals surface area contributed by atoms with E-state index < -0.39 is 10.8 Å². The highest BCUT2D eigenvalue weighted by Crippen LogP contribution is 2.46. The summed E-state index contributed by atoms with van der Waals surface area (Å²) in [5.74, 6) is 2.01. The van der Waals surface area contributed by atoms with Crippen LogP contribution in [0.2, 0.25) is 0 Å². The first kappa shape index (κ1) is 27.2. The van der Waals surface area contributed by atoms with Crippen molar-refractivity contribution in [3.05, 3.63) is 144 Å². The molecule has 0 saturated carbocycles. The summed E-state index contributed by atoms with van der Waals surface area (Å²) < 4.78 is 4.56. The van der Waals surface area contributed by atoms with Crippen LogP contribution in [-0.2, 0) is 16.2 Å². The maximum absolute atomic E-state index is 5.45. The molecule has 0 amide bonds. The van der Waals surface area contributed by atoms with E-state index in [2.05, 4.69) is 172 Å². The van der Waals surface area contributed by atoms with Crippen LogP contribution in [0.3, 0.4) is 0 Å². The van der Waals surface area contributed by atoms with Crippen molar-refractivity contribution in [2.45, 2.75) is 57.8 Å². The summed E-state index contributed by atoms with van der Waals surface area (Å²) >= 11 is 0. The van der Waals surface area contributed by atoms with E-state index in [0.29, 0.717) is 0 Å². The van der Waals surface area contributed by atoms with Crippen molar-refractivity contribution in [2.75, 3.05) is 0 Å². The van der Waals surface area contributed by atoms with Crippen molar-refractivity contribution in [2.24, 2.45) is 0 Å². The lowest BCUT2D eigenvalue weighted by Crippen LogP contribution is -2.44. The van der Waals surface area contributed by atoms with Gasteiger partial charge in [-0.3, -0.25) is 0 Å². The van der Waals surface area contributed by atoms with Gasteiger partial charge in [-0.1, -0.05) is 114 Å². The van der Waals surface area contributed by atoms with E-state index in [1.54, 1.807) is 0 Å². The zero-order valence-corrected chi connectivity index (χ0v) is 25.8. The van der Waals surface area contributed by atoms with Crippen molar-refractivity contribution < 1.29 is 0 Å². The molecule has 4 aromatic carbocycles. The van der Waals surface area contributed by atoms with Crippen molar-refractivity contribution >= 4 is 0 Å². The molecule has 0 spiro atoms. The summed E-state index contributed by atoms with van der Waals surface area (Å²) in [6.07, 6.45) is 4.41. The van der Waals surface area contributed by atoms with Crippen LogP contribution in [0.4, 0.5) is 0 Å². The van der Waals surface area contributed by atoms with Gasteiger partial charge in [0.15, 0.2) is 0 Å². The van der Waals surface area contributed by atoms with E-state index in [9.17, 15) is 0 Å². The maximum Gasteiger partial charge on any atom is 0.120 e. The predicted molar refractivity (Wildman–Crippen MR) is 176 cm³/mol. The second kappa shape index (κ2) is 9.67. The average Bonchev–Trinajstić information content (AvgIpc) is 3.69. The van der Waals surface area contributed by atoms with E-state index in [1.165, 1.54) is 11.1 Å². The molecule has 214 valence electrons. The van der Waals surface area contributed by atoms with Gasteiger partial charge in [0.2, 0.25) is 0 Å². The van der Waals surface area contributed by atoms with Crippen molar-refractivity contribution in [1.29, 1.82) is 0 Å². The van der Waals surface area contributed by atoms with Gasteiger partial charge in [-0.25, -0.2) is 9.97 Å². The topological polar surface area (TPSA) is 35.6 Å². The van der Waals surface area contributed by atoms with Crippen molar-refractivity contribution in [1.82, 2.24) is 19.1 Å². The smallest absolute Gasteiger partial charge is 0.120 e. The van der Waals surface area contributed by atoms with Crippen LogP contribution in [0, 0.1) is 0 Å². The number of aromatic nitrogens is 4. The number of benzene rings is 4. The van der Waals surface area contributed by atoms with Crippen molar-refractivity contribution in [3.8, 4) is 33.9 Å². The van der Waals surface area contributed by atoms with Crippen LogP contribution in [0.1, 0.15) is 64.3 Å². The van der Waals surface area contributed by atoms with Gasteiger partial charge >= 0.3 is 0 Å². The summed E-state index contributed by atoms with van der Waals surface area (Å²) in [5, 5.41) is 0. The number of hydrogen-bond acceptors (Lipinski definition) is 2. The average molecular weight is 563 g/mol. The van der Waals surface area contributed by atoms with Gasteiger partial charge in [0.1, 0.15) is 11.6 Å². The van der Waals surface area contributed by atoms with E-state index in [4.69, 9.17) is 9.97 Å². The fourth-order valence-corrected chi connectivity index (χ4v) is 6.35. The zero-order valence-electron chi connectivity index (χ0n) is 25.8. The molecule has 1 aliphatic heterocycles. The molecule has 43 heavy (non-hydrogen) atoms. The molecule has 8 bridgehead atoms. The predicted octanol–water partition coefficient (Wildman–Crippen LogP) is 9.29. The lowest BCUT2D eigenvalue weighted by molar-refractivity contribution is 0.268. The molecule has 2 aromatic heterocycles. The highest BCUT2D eigenvalue weighted by atomic mass is 15.1. The molecule has 0 N–H and O–H groups in total. The van der Waals surface area contributed by atoms with E-state index >= 15 is 0 Å². The Morgan fingerprint density at radius 1 is 0.465 bits per heavy atom. The Morgan fingerprint density at radius 2 is 0.860 bits per heavy atom. The van der Waals surface area contributed by atoms with Gasteiger partial charge in [-0.2, -0.15) is 0 Å². The molecule has 0 aliphatic carbocycles. The fourth-order valence-electron chi connectivity index (χ4n) is 6.35. The number of nitrogens with zero attached hydrogens (tertiary/aromatic N) is 4. The normalized spacial score (nSPS) is 16.2. The zero-order chi connectivity index (χ0) is 30.0. The summed E-state index contributed by atoms with van der Waals surface area (Å²) in [4.78, 5) is 10.9. The molecule has 6 aromatic rings. The van der Waals surface area contributed by atoms with Crippen LogP contribution >= 0.6 is 0 Å². The Morgan fingerprint density at radius 3 is 1.26 bits per heavy atom. The summed E-state index contributed by atoms with van der Waals surface area (Å²) in [6, 6.07) is 38.9. The number of rotatable bonds is 2. The molecule has 4 nitrogen and oxygen atoms in total. The summed E-state index contributed by atoms with van der Waals surface area (Å²) in [5.41, 5.74) is 7.81. The molecule has 3 heterocycles. The highest BCUT2D eigenvalue weighted by molar-refractivity contribution is 5.65. The Balaban J connectivity index is 1.58. The molecular formula is C39H38N4. The van der Waals surface area contributed by atoms with Gasteiger partial charge in [-0.15, -0.1) is 0 Å². The molecule has 7 rings (SSSR count). The second-order valence-corrected chi connectivity index (χ2v) is 13.3. The number of imidazole rings is 2. The molecule has 1 aliphatic rings. The van der Waals surface area contributed by atoms with Gasteiger partial charge in [0.05, 0.1) is 11.4 Å². The number of para-hydroxylation sites is 2. The largest absolute Gasteiger partial charge is 0.303 e. The van der Waals surface area contributed by atoms with E-state index in [-0.39, 0.29) is 5.41 Å². The number of hydrogen-bond donors (Lipinski definition) is 0. The van der Waals surface area contributed by atoms with Gasteiger partial charge in [0.25, 0.3) is 0 Å². The molecule has 0 radical (unpaired) electrons. The van der Waals surface area contributed by atoms with Crippen LogP contribution in [0.5, 0.6) is 0 Å². The molecule has 0 saturated heterocycles. The van der Waals surface area contributed by atoms with Gasteiger partial charge in [-0.05, 0) is 47.5 Å². The van der Waals surface area contributed by atoms with Crippen LogP contribution in [-0.4, -0.2) is 19.1 Å². The standard InChI is InChI=1S/C39H38N4/c1-37(2)29-17-13-15-27(23-29)33-25-42(31-19-9-7-10-20-31)35(40-33)38(3,4)39(5,6)36-41-34(28-16-14-18-30(37)24-28)26-43(36)32-21-11-8-12-22-32/h7-26H,1-6H3. The summed E-state index contributed by atoms with van der Waals surface area (Å²) in [7, 11) is 0. The summed E-state index contributed by atoms with van der Waals surface area (Å²) in [6.45, 7) is 13.8. The maximum atomic E-state index is 5.45. The first-order valence-electron chi connectivity index (χ1n) is 15.1. The minimum atomic E-state index is -0.421. The minimum absolute atomic E-state index is 0.222. The first-order chi connectivity index (χ1) is 20.6. The van der Waals surface area contributed by atoms with Crippen LogP contribution in [0.15, 0.2) is 122 Å². The van der Waals surface area contributed by atoms with Crippen molar-refractivity contribution in [3.63, 3.8) is 0 Å². The Kier molecular flexibility index (Phi) is 6.10. The molecule has 0 fully saturated rings. The SMILES string of the molecule is CC1(C)c2cccc(c2)-c2cn(-c3ccccc3)c(n2)C(C)(C)C(C)(C)c2nc(cn2-c2ccccc2)-c2cccc1c2. The van der Waals surface area contributed by atoms with E-state index in [0.717, 1.165) is 45.5 Å². The Bertz CT molecular complexity index is 1800. The third kappa shape index (κ3) is 4.27. The minimum Gasteiger partial charge on any atom is -0.303 e. The lowest BCUT2D eigenvalue weighted by atomic mass is 9.66. The fraction of sp³-hybridized carbons (Fsp3) is 0.231. The number of fused-ring (bicyclic) bond motifs is 10. The lowest BCUT2D eigenvalue weighted by Gasteiger charge is -2.41.